The number of benzene rings is 1. The maximum absolute atomic E-state index is 12.5. The summed E-state index contributed by atoms with van der Waals surface area (Å²) in [7, 11) is 0. The Bertz CT molecular complexity index is 670. The number of aryl methyl sites for hydroxylation is 1. The zero-order valence-electron chi connectivity index (χ0n) is 16.6. The topological polar surface area (TPSA) is 64.7 Å². The molecule has 2 saturated heterocycles. The highest BCUT2D eigenvalue weighted by atomic mass is 16.2. The average molecular weight is 373 g/mol. The van der Waals surface area contributed by atoms with Gasteiger partial charge in [0.1, 0.15) is 0 Å². The lowest BCUT2D eigenvalue weighted by Gasteiger charge is -2.31. The Morgan fingerprint density at radius 3 is 2.63 bits per heavy atom. The number of hydrogen-bond donors (Lipinski definition) is 2. The predicted molar refractivity (Wildman–Crippen MR) is 109 cm³/mol. The third kappa shape index (κ3) is 5.22. The van der Waals surface area contributed by atoms with Crippen LogP contribution in [0.15, 0.2) is 18.2 Å². The Morgan fingerprint density at radius 2 is 1.93 bits per heavy atom. The van der Waals surface area contributed by atoms with Crippen LogP contribution in [0.2, 0.25) is 0 Å². The number of piperidine rings is 1. The van der Waals surface area contributed by atoms with Crippen LogP contribution in [0.4, 0.5) is 11.4 Å². The summed E-state index contributed by atoms with van der Waals surface area (Å²) in [4.78, 5) is 29.1. The molecule has 0 radical (unpaired) electrons. The Kier molecular flexibility index (Phi) is 6.72. The van der Waals surface area contributed by atoms with Crippen LogP contribution in [0, 0.1) is 12.8 Å². The first-order valence-electron chi connectivity index (χ1n) is 10.2. The number of carbonyl (C=O) groups excluding carboxylic acids is 2. The van der Waals surface area contributed by atoms with Crippen LogP contribution >= 0.6 is 0 Å². The van der Waals surface area contributed by atoms with Crippen molar-refractivity contribution in [2.45, 2.75) is 39.5 Å². The molecule has 6 heteroatoms. The quantitative estimate of drug-likeness (QED) is 0.805. The first-order valence-corrected chi connectivity index (χ1v) is 10.2. The van der Waals surface area contributed by atoms with Crippen molar-refractivity contribution in [1.29, 1.82) is 0 Å². The van der Waals surface area contributed by atoms with E-state index in [1.807, 2.05) is 19.9 Å². The Labute approximate surface area is 162 Å². The molecule has 1 aromatic carbocycles. The number of hydrogen-bond acceptors (Lipinski definition) is 4. The predicted octanol–water partition coefficient (Wildman–Crippen LogP) is 2.38. The summed E-state index contributed by atoms with van der Waals surface area (Å²) in [5.41, 5.74) is 3.20. The van der Waals surface area contributed by atoms with E-state index in [0.29, 0.717) is 19.6 Å². The van der Waals surface area contributed by atoms with Crippen molar-refractivity contribution in [2.75, 3.05) is 49.5 Å². The second-order valence-corrected chi connectivity index (χ2v) is 7.71. The van der Waals surface area contributed by atoms with E-state index in [0.717, 1.165) is 43.7 Å². The van der Waals surface area contributed by atoms with Crippen molar-refractivity contribution >= 4 is 23.2 Å². The zero-order chi connectivity index (χ0) is 19.2. The van der Waals surface area contributed by atoms with Gasteiger partial charge >= 0.3 is 0 Å². The van der Waals surface area contributed by atoms with Gasteiger partial charge in [0, 0.05) is 37.6 Å². The third-order valence-electron chi connectivity index (χ3n) is 5.55. The fourth-order valence-electron chi connectivity index (χ4n) is 4.08. The summed E-state index contributed by atoms with van der Waals surface area (Å²) in [5.74, 6) is 0.0903. The summed E-state index contributed by atoms with van der Waals surface area (Å²) < 4.78 is 0. The molecule has 2 heterocycles. The number of anilines is 2. The van der Waals surface area contributed by atoms with Gasteiger partial charge in [-0.2, -0.15) is 0 Å². The number of likely N-dealkylation sites (tertiary alicyclic amines) is 1. The van der Waals surface area contributed by atoms with Crippen molar-refractivity contribution in [3.8, 4) is 0 Å². The number of amides is 2. The third-order valence-corrected chi connectivity index (χ3v) is 5.55. The molecular weight excluding hydrogens is 340 g/mol. The molecule has 2 aliphatic heterocycles. The number of nitrogens with one attached hydrogen (secondary N) is 2. The maximum Gasteiger partial charge on any atom is 0.238 e. The molecule has 6 nitrogen and oxygen atoms in total. The van der Waals surface area contributed by atoms with Crippen LogP contribution in [0.3, 0.4) is 0 Å². The smallest absolute Gasteiger partial charge is 0.238 e. The summed E-state index contributed by atoms with van der Waals surface area (Å²) in [6.45, 7) is 8.73. The summed E-state index contributed by atoms with van der Waals surface area (Å²) in [5, 5.41) is 5.94. The van der Waals surface area contributed by atoms with E-state index >= 15 is 0 Å². The standard InChI is InChI=1S/C21H32N4O2/c1-3-22-21(27)17-7-6-10-24(14-17)15-20(26)23-19-9-8-18(13-16(19)2)25-11-4-5-12-25/h8-9,13,17H,3-7,10-12,14-15H2,1-2H3,(H,22,27)(H,23,26). The molecular formula is C21H32N4O2. The minimum atomic E-state index is -0.0106. The molecule has 148 valence electrons. The van der Waals surface area contributed by atoms with Crippen molar-refractivity contribution in [1.82, 2.24) is 10.2 Å². The summed E-state index contributed by atoms with van der Waals surface area (Å²) >= 11 is 0. The molecule has 1 atom stereocenters. The largest absolute Gasteiger partial charge is 0.372 e. The van der Waals surface area contributed by atoms with Gasteiger partial charge in [-0.3, -0.25) is 14.5 Å². The van der Waals surface area contributed by atoms with E-state index in [2.05, 4.69) is 32.6 Å². The molecule has 3 rings (SSSR count). The molecule has 0 aliphatic carbocycles. The zero-order valence-corrected chi connectivity index (χ0v) is 16.6. The van der Waals surface area contributed by atoms with Crippen molar-refractivity contribution in [3.05, 3.63) is 23.8 Å². The van der Waals surface area contributed by atoms with E-state index in [-0.39, 0.29) is 17.7 Å². The highest BCUT2D eigenvalue weighted by Gasteiger charge is 2.26. The number of rotatable bonds is 6. The van der Waals surface area contributed by atoms with Gasteiger partial charge in [-0.1, -0.05) is 0 Å². The highest BCUT2D eigenvalue weighted by molar-refractivity contribution is 5.93. The van der Waals surface area contributed by atoms with Gasteiger partial charge in [0.25, 0.3) is 0 Å². The minimum Gasteiger partial charge on any atom is -0.372 e. The number of carbonyl (C=O) groups is 2. The van der Waals surface area contributed by atoms with Gasteiger partial charge < -0.3 is 15.5 Å². The highest BCUT2D eigenvalue weighted by Crippen LogP contribution is 2.25. The monoisotopic (exact) mass is 372 g/mol. The SMILES string of the molecule is CCNC(=O)C1CCCN(CC(=O)Nc2ccc(N3CCCC3)cc2C)C1. The first-order chi connectivity index (χ1) is 13.1. The molecule has 0 saturated carbocycles. The molecule has 1 aromatic rings. The Morgan fingerprint density at radius 1 is 1.15 bits per heavy atom. The fraction of sp³-hybridized carbons (Fsp3) is 0.619. The second kappa shape index (κ2) is 9.22. The average Bonchev–Trinajstić information content (AvgIpc) is 3.18. The van der Waals surface area contributed by atoms with Crippen molar-refractivity contribution in [2.24, 2.45) is 5.92 Å². The van der Waals surface area contributed by atoms with Gasteiger partial charge in [-0.25, -0.2) is 0 Å². The molecule has 2 fully saturated rings. The second-order valence-electron chi connectivity index (χ2n) is 7.71. The van der Waals surface area contributed by atoms with Crippen molar-refractivity contribution in [3.63, 3.8) is 0 Å². The lowest BCUT2D eigenvalue weighted by Crippen LogP contribution is -2.45. The van der Waals surface area contributed by atoms with Crippen LogP contribution in [-0.4, -0.2) is 56.0 Å². The van der Waals surface area contributed by atoms with Crippen LogP contribution in [0.25, 0.3) is 0 Å². The molecule has 1 unspecified atom stereocenters. The maximum atomic E-state index is 12.5. The van der Waals surface area contributed by atoms with Gasteiger partial charge in [-0.15, -0.1) is 0 Å². The van der Waals surface area contributed by atoms with Crippen LogP contribution in [-0.2, 0) is 9.59 Å². The molecule has 27 heavy (non-hydrogen) atoms. The Hall–Kier alpha value is -2.08. The summed E-state index contributed by atoms with van der Waals surface area (Å²) in [6.07, 6.45) is 4.37. The summed E-state index contributed by atoms with van der Waals surface area (Å²) in [6, 6.07) is 6.27. The van der Waals surface area contributed by atoms with Gasteiger partial charge in [0.2, 0.25) is 11.8 Å². The minimum absolute atomic E-state index is 0.00650. The Balaban J connectivity index is 1.53. The van der Waals surface area contributed by atoms with Gasteiger partial charge in [-0.05, 0) is 69.8 Å². The first kappa shape index (κ1) is 19.7. The lowest BCUT2D eigenvalue weighted by molar-refractivity contribution is -0.127. The van der Waals surface area contributed by atoms with Crippen LogP contribution in [0.5, 0.6) is 0 Å². The van der Waals surface area contributed by atoms with E-state index in [1.54, 1.807) is 0 Å². The molecule has 0 bridgehead atoms. The molecule has 0 aromatic heterocycles. The molecule has 2 N–H and O–H groups in total. The van der Waals surface area contributed by atoms with E-state index in [4.69, 9.17) is 0 Å². The normalized spacial score (nSPS) is 20.5. The van der Waals surface area contributed by atoms with Gasteiger partial charge in [0.15, 0.2) is 0 Å². The van der Waals surface area contributed by atoms with Crippen molar-refractivity contribution < 1.29 is 9.59 Å². The van der Waals surface area contributed by atoms with E-state index in [1.165, 1.54) is 18.5 Å². The number of nitrogens with zero attached hydrogens (tertiary/aromatic N) is 2. The van der Waals surface area contributed by atoms with Crippen LogP contribution in [0.1, 0.15) is 38.2 Å². The molecule has 2 aliphatic rings. The van der Waals surface area contributed by atoms with Crippen LogP contribution < -0.4 is 15.5 Å². The molecule has 0 spiro atoms. The fourth-order valence-corrected chi connectivity index (χ4v) is 4.08. The lowest BCUT2D eigenvalue weighted by atomic mass is 9.97. The van der Waals surface area contributed by atoms with Gasteiger partial charge in [0.05, 0.1) is 12.5 Å². The van der Waals surface area contributed by atoms with E-state index < -0.39 is 0 Å². The van der Waals surface area contributed by atoms with E-state index in [9.17, 15) is 9.59 Å². The molecule has 2 amide bonds.